The molecule has 1 heterocycles. The van der Waals surface area contributed by atoms with E-state index in [2.05, 4.69) is 4.98 Å². The Hall–Kier alpha value is -2.86. The summed E-state index contributed by atoms with van der Waals surface area (Å²) < 4.78 is 1.86. The van der Waals surface area contributed by atoms with Gasteiger partial charge in [-0.3, -0.25) is 10.1 Å². The van der Waals surface area contributed by atoms with Crippen molar-refractivity contribution in [2.24, 2.45) is 0 Å². The van der Waals surface area contributed by atoms with Crippen molar-refractivity contribution in [2.75, 3.05) is 5.73 Å². The molecule has 1 unspecified atom stereocenters. The predicted molar refractivity (Wildman–Crippen MR) is 88.4 cm³/mol. The maximum absolute atomic E-state index is 11.2. The molecule has 0 amide bonds. The summed E-state index contributed by atoms with van der Waals surface area (Å²) in [4.78, 5) is 14.7. The number of halogens is 1. The third-order valence-electron chi connectivity index (χ3n) is 3.55. The van der Waals surface area contributed by atoms with Crippen molar-refractivity contribution in [1.82, 2.24) is 9.55 Å². The minimum absolute atomic E-state index is 0.116. The van der Waals surface area contributed by atoms with E-state index < -0.39 is 4.92 Å². The molecule has 1 atom stereocenters. The predicted octanol–water partition coefficient (Wildman–Crippen LogP) is 3.66. The van der Waals surface area contributed by atoms with Crippen molar-refractivity contribution in [2.45, 2.75) is 6.04 Å². The van der Waals surface area contributed by atoms with Gasteiger partial charge in [0.15, 0.2) is 0 Å². The van der Waals surface area contributed by atoms with E-state index in [1.807, 2.05) is 22.8 Å². The molecule has 0 saturated heterocycles. The number of nitro groups is 1. The fourth-order valence-electron chi connectivity index (χ4n) is 2.52. The molecule has 7 heteroatoms. The van der Waals surface area contributed by atoms with Gasteiger partial charge in [0.05, 0.1) is 17.3 Å². The fourth-order valence-corrected chi connectivity index (χ4v) is 2.72. The molecule has 0 aliphatic rings. The summed E-state index contributed by atoms with van der Waals surface area (Å²) in [6.07, 6.45) is 5.12. The van der Waals surface area contributed by atoms with E-state index in [1.54, 1.807) is 36.9 Å². The number of nitro benzene ring substituents is 1. The molecule has 0 fully saturated rings. The van der Waals surface area contributed by atoms with Gasteiger partial charge in [-0.05, 0) is 29.3 Å². The number of nitrogens with two attached hydrogens (primary N) is 1. The molecule has 2 N–H and O–H groups in total. The zero-order valence-electron chi connectivity index (χ0n) is 12.0. The van der Waals surface area contributed by atoms with Crippen LogP contribution in [0.5, 0.6) is 0 Å². The smallest absolute Gasteiger partial charge is 0.292 e. The van der Waals surface area contributed by atoms with Crippen molar-refractivity contribution in [3.8, 4) is 0 Å². The van der Waals surface area contributed by atoms with Gasteiger partial charge in [0.2, 0.25) is 0 Å². The Bertz CT molecular complexity index is 849. The van der Waals surface area contributed by atoms with Crippen LogP contribution < -0.4 is 5.73 Å². The summed E-state index contributed by atoms with van der Waals surface area (Å²) >= 11 is 6.09. The van der Waals surface area contributed by atoms with Crippen LogP contribution in [0, 0.1) is 10.1 Å². The van der Waals surface area contributed by atoms with Crippen molar-refractivity contribution >= 4 is 23.0 Å². The highest BCUT2D eigenvalue weighted by Gasteiger charge is 2.20. The number of benzene rings is 2. The van der Waals surface area contributed by atoms with Crippen LogP contribution in [-0.4, -0.2) is 14.5 Å². The molecule has 3 aromatic rings. The molecule has 0 spiro atoms. The summed E-state index contributed by atoms with van der Waals surface area (Å²) in [5, 5.41) is 11.8. The molecule has 6 nitrogen and oxygen atoms in total. The molecule has 0 aliphatic heterocycles. The van der Waals surface area contributed by atoms with E-state index in [0.29, 0.717) is 5.02 Å². The van der Waals surface area contributed by atoms with Crippen molar-refractivity contribution in [3.63, 3.8) is 0 Å². The fraction of sp³-hybridized carbons (Fsp3) is 0.0625. The molecule has 23 heavy (non-hydrogen) atoms. The molecule has 0 saturated carbocycles. The number of nitrogens with zero attached hydrogens (tertiary/aromatic N) is 3. The van der Waals surface area contributed by atoms with Gasteiger partial charge in [0, 0.05) is 23.5 Å². The largest absolute Gasteiger partial charge is 0.393 e. The number of aromatic nitrogens is 2. The first-order valence-corrected chi connectivity index (χ1v) is 7.21. The van der Waals surface area contributed by atoms with Crippen LogP contribution >= 0.6 is 11.6 Å². The van der Waals surface area contributed by atoms with Gasteiger partial charge in [-0.2, -0.15) is 0 Å². The highest BCUT2D eigenvalue weighted by molar-refractivity contribution is 6.30. The Balaban J connectivity index is 2.17. The summed E-state index contributed by atoms with van der Waals surface area (Å²) in [7, 11) is 0. The summed E-state index contributed by atoms with van der Waals surface area (Å²) in [6, 6.07) is 11.9. The highest BCUT2D eigenvalue weighted by atomic mass is 35.5. The Morgan fingerprint density at radius 3 is 2.65 bits per heavy atom. The lowest BCUT2D eigenvalue weighted by Gasteiger charge is -2.20. The maximum Gasteiger partial charge on any atom is 0.292 e. The van der Waals surface area contributed by atoms with Crippen LogP contribution in [0.4, 0.5) is 11.4 Å². The summed E-state index contributed by atoms with van der Waals surface area (Å²) in [6.45, 7) is 0. The van der Waals surface area contributed by atoms with Gasteiger partial charge in [0.25, 0.3) is 5.69 Å². The number of nitrogen functional groups attached to an aromatic ring is 1. The molecule has 0 bridgehead atoms. The lowest BCUT2D eigenvalue weighted by molar-refractivity contribution is -0.384. The SMILES string of the molecule is Nc1ccc(C(c2cccc(Cl)c2)n2ccnc2)cc1[N+](=O)[O-]. The second kappa shape index (κ2) is 6.10. The van der Waals surface area contributed by atoms with Gasteiger partial charge in [-0.1, -0.05) is 29.8 Å². The molecule has 116 valence electrons. The van der Waals surface area contributed by atoms with Crippen molar-refractivity contribution in [1.29, 1.82) is 0 Å². The molecule has 3 rings (SSSR count). The Morgan fingerprint density at radius 2 is 2.00 bits per heavy atom. The van der Waals surface area contributed by atoms with Crippen LogP contribution in [-0.2, 0) is 0 Å². The number of rotatable bonds is 4. The summed E-state index contributed by atoms with van der Waals surface area (Å²) in [5.41, 5.74) is 7.33. The topological polar surface area (TPSA) is 87.0 Å². The van der Waals surface area contributed by atoms with Gasteiger partial charge >= 0.3 is 0 Å². The first-order chi connectivity index (χ1) is 11.1. The molecular formula is C16H13ClN4O2. The van der Waals surface area contributed by atoms with Crippen molar-refractivity contribution < 1.29 is 4.92 Å². The quantitative estimate of drug-likeness (QED) is 0.449. The first-order valence-electron chi connectivity index (χ1n) is 6.83. The maximum atomic E-state index is 11.2. The normalized spacial score (nSPS) is 12.0. The Kier molecular flexibility index (Phi) is 3.99. The van der Waals surface area contributed by atoms with E-state index in [-0.39, 0.29) is 17.4 Å². The van der Waals surface area contributed by atoms with Gasteiger partial charge < -0.3 is 10.3 Å². The second-order valence-corrected chi connectivity index (χ2v) is 5.48. The zero-order valence-corrected chi connectivity index (χ0v) is 12.7. The molecule has 1 aromatic heterocycles. The second-order valence-electron chi connectivity index (χ2n) is 5.04. The van der Waals surface area contributed by atoms with E-state index in [4.69, 9.17) is 17.3 Å². The average Bonchev–Trinajstić information content (AvgIpc) is 3.03. The third-order valence-corrected chi connectivity index (χ3v) is 3.79. The number of anilines is 1. The molecular weight excluding hydrogens is 316 g/mol. The Labute approximate surface area is 137 Å². The minimum atomic E-state index is -0.484. The summed E-state index contributed by atoms with van der Waals surface area (Å²) in [5.74, 6) is 0. The zero-order chi connectivity index (χ0) is 16.4. The lowest BCUT2D eigenvalue weighted by atomic mass is 9.97. The first kappa shape index (κ1) is 15.1. The molecule has 0 aliphatic carbocycles. The van der Waals surface area contributed by atoms with Gasteiger partial charge in [0.1, 0.15) is 5.69 Å². The minimum Gasteiger partial charge on any atom is -0.393 e. The molecule has 0 radical (unpaired) electrons. The lowest BCUT2D eigenvalue weighted by Crippen LogP contribution is -2.11. The van der Waals surface area contributed by atoms with Crippen molar-refractivity contribution in [3.05, 3.63) is 87.4 Å². The standard InChI is InChI=1S/C16H13ClN4O2/c17-13-3-1-2-11(8-13)16(20-7-6-19-10-20)12-4-5-14(18)15(9-12)21(22)23/h1-10,16H,18H2. The van der Waals surface area contributed by atoms with Gasteiger partial charge in [-0.25, -0.2) is 4.98 Å². The van der Waals surface area contributed by atoms with Gasteiger partial charge in [-0.15, -0.1) is 0 Å². The highest BCUT2D eigenvalue weighted by Crippen LogP contribution is 2.32. The van der Waals surface area contributed by atoms with Crippen LogP contribution in [0.15, 0.2) is 61.2 Å². The Morgan fingerprint density at radius 1 is 1.22 bits per heavy atom. The number of hydrogen-bond acceptors (Lipinski definition) is 4. The van der Waals surface area contributed by atoms with Crippen LogP contribution in [0.25, 0.3) is 0 Å². The van der Waals surface area contributed by atoms with E-state index in [1.165, 1.54) is 6.07 Å². The third kappa shape index (κ3) is 3.02. The van der Waals surface area contributed by atoms with E-state index >= 15 is 0 Å². The average molecular weight is 329 g/mol. The van der Waals surface area contributed by atoms with E-state index in [9.17, 15) is 10.1 Å². The number of hydrogen-bond donors (Lipinski definition) is 1. The van der Waals surface area contributed by atoms with Crippen LogP contribution in [0.3, 0.4) is 0 Å². The van der Waals surface area contributed by atoms with Crippen LogP contribution in [0.1, 0.15) is 17.2 Å². The number of imidazole rings is 1. The van der Waals surface area contributed by atoms with Crippen LogP contribution in [0.2, 0.25) is 5.02 Å². The monoisotopic (exact) mass is 328 g/mol. The molecule has 2 aromatic carbocycles. The van der Waals surface area contributed by atoms with E-state index in [0.717, 1.165) is 11.1 Å².